The lowest BCUT2D eigenvalue weighted by molar-refractivity contribution is -0.0165. The Labute approximate surface area is 146 Å². The van der Waals surface area contributed by atoms with Gasteiger partial charge in [0.1, 0.15) is 17.2 Å². The maximum absolute atomic E-state index is 12.5. The third kappa shape index (κ3) is 2.57. The molecule has 0 atom stereocenters. The molecule has 0 saturated carbocycles. The molecule has 0 amide bonds. The number of fused-ring (bicyclic) bond motifs is 2. The summed E-state index contributed by atoms with van der Waals surface area (Å²) in [5.74, 6) is 1.95. The first kappa shape index (κ1) is 15.2. The Morgan fingerprint density at radius 3 is 2.96 bits per heavy atom. The molecule has 122 valence electrons. The molecule has 2 aromatic carbocycles. The highest BCUT2D eigenvalue weighted by Gasteiger charge is 2.28. The highest BCUT2D eigenvalue weighted by atomic mass is 79.9. The predicted octanol–water partition coefficient (Wildman–Crippen LogP) is 3.94. The molecule has 2 heterocycles. The molecule has 0 N–H and O–H groups in total. The number of allylic oxidation sites excluding steroid dienone is 1. The SMILES string of the molecule is COc1ccc2c(c1)O/C(=C\c1cc(Br)cc3c1OCOC3)C2=O. The van der Waals surface area contributed by atoms with Crippen molar-refractivity contribution in [3.63, 3.8) is 0 Å². The average molecular weight is 389 g/mol. The highest BCUT2D eigenvalue weighted by Crippen LogP contribution is 2.37. The molecular weight excluding hydrogens is 376 g/mol. The van der Waals surface area contributed by atoms with Crippen molar-refractivity contribution in [2.75, 3.05) is 13.9 Å². The van der Waals surface area contributed by atoms with Gasteiger partial charge in [-0.25, -0.2) is 0 Å². The van der Waals surface area contributed by atoms with Gasteiger partial charge in [0.05, 0.1) is 19.3 Å². The monoisotopic (exact) mass is 388 g/mol. The summed E-state index contributed by atoms with van der Waals surface area (Å²) < 4.78 is 22.7. The van der Waals surface area contributed by atoms with Gasteiger partial charge >= 0.3 is 0 Å². The lowest BCUT2D eigenvalue weighted by Gasteiger charge is -2.20. The summed E-state index contributed by atoms with van der Waals surface area (Å²) in [4.78, 5) is 12.5. The zero-order valence-electron chi connectivity index (χ0n) is 12.8. The second kappa shape index (κ2) is 5.96. The Bertz CT molecular complexity index is 872. The molecule has 2 aliphatic heterocycles. The number of hydrogen-bond acceptors (Lipinski definition) is 5. The fourth-order valence-corrected chi connectivity index (χ4v) is 3.27. The van der Waals surface area contributed by atoms with E-state index < -0.39 is 0 Å². The van der Waals surface area contributed by atoms with E-state index in [4.69, 9.17) is 18.9 Å². The van der Waals surface area contributed by atoms with Crippen molar-refractivity contribution in [3.05, 3.63) is 57.3 Å². The lowest BCUT2D eigenvalue weighted by Crippen LogP contribution is -2.12. The molecule has 2 aliphatic rings. The van der Waals surface area contributed by atoms with E-state index in [1.807, 2.05) is 12.1 Å². The van der Waals surface area contributed by atoms with E-state index in [-0.39, 0.29) is 18.3 Å². The summed E-state index contributed by atoms with van der Waals surface area (Å²) in [6.07, 6.45) is 1.70. The third-order valence-corrected chi connectivity index (χ3v) is 4.33. The Hall–Kier alpha value is -2.31. The first-order valence-corrected chi connectivity index (χ1v) is 8.10. The summed E-state index contributed by atoms with van der Waals surface area (Å²) in [6.45, 7) is 0.661. The maximum Gasteiger partial charge on any atom is 0.231 e. The van der Waals surface area contributed by atoms with Gasteiger partial charge in [0, 0.05) is 21.7 Å². The Balaban J connectivity index is 1.75. The number of ether oxygens (including phenoxy) is 4. The molecule has 0 bridgehead atoms. The second-order valence-electron chi connectivity index (χ2n) is 5.40. The normalized spacial score (nSPS) is 17.1. The number of hydrogen-bond donors (Lipinski definition) is 0. The van der Waals surface area contributed by atoms with Crippen LogP contribution in [0.1, 0.15) is 21.5 Å². The van der Waals surface area contributed by atoms with E-state index in [0.29, 0.717) is 29.4 Å². The van der Waals surface area contributed by atoms with E-state index in [2.05, 4.69) is 15.9 Å². The average Bonchev–Trinajstić information content (AvgIpc) is 2.90. The Kier molecular flexibility index (Phi) is 3.78. The minimum Gasteiger partial charge on any atom is -0.497 e. The summed E-state index contributed by atoms with van der Waals surface area (Å²) >= 11 is 3.47. The number of carbonyl (C=O) groups excluding carboxylic acids is 1. The van der Waals surface area contributed by atoms with Crippen LogP contribution in [0.15, 0.2) is 40.6 Å². The lowest BCUT2D eigenvalue weighted by atomic mass is 10.1. The third-order valence-electron chi connectivity index (χ3n) is 3.87. The molecular formula is C18H13BrO5. The van der Waals surface area contributed by atoms with E-state index in [9.17, 15) is 4.79 Å². The summed E-state index contributed by atoms with van der Waals surface area (Å²) in [5.41, 5.74) is 2.22. The van der Waals surface area contributed by atoms with Crippen molar-refractivity contribution in [2.45, 2.75) is 6.61 Å². The van der Waals surface area contributed by atoms with Crippen LogP contribution in [0.5, 0.6) is 17.2 Å². The zero-order chi connectivity index (χ0) is 16.7. The number of rotatable bonds is 2. The number of Topliss-reactive ketones (excluding diaryl/α,β-unsaturated/α-hetero) is 1. The Morgan fingerprint density at radius 2 is 2.12 bits per heavy atom. The van der Waals surface area contributed by atoms with Crippen LogP contribution in [0, 0.1) is 0 Å². The number of benzene rings is 2. The molecule has 0 unspecified atom stereocenters. The van der Waals surface area contributed by atoms with E-state index in [1.165, 1.54) is 0 Å². The van der Waals surface area contributed by atoms with Crippen molar-refractivity contribution in [1.82, 2.24) is 0 Å². The van der Waals surface area contributed by atoms with Crippen LogP contribution in [0.25, 0.3) is 6.08 Å². The summed E-state index contributed by atoms with van der Waals surface area (Å²) in [7, 11) is 1.57. The maximum atomic E-state index is 12.5. The smallest absolute Gasteiger partial charge is 0.231 e. The molecule has 24 heavy (non-hydrogen) atoms. The largest absolute Gasteiger partial charge is 0.497 e. The first-order valence-electron chi connectivity index (χ1n) is 7.31. The molecule has 5 nitrogen and oxygen atoms in total. The van der Waals surface area contributed by atoms with Gasteiger partial charge in [-0.3, -0.25) is 4.79 Å². The Morgan fingerprint density at radius 1 is 1.25 bits per heavy atom. The van der Waals surface area contributed by atoms with Crippen LogP contribution in [-0.4, -0.2) is 19.7 Å². The van der Waals surface area contributed by atoms with Crippen LogP contribution >= 0.6 is 15.9 Å². The minimum atomic E-state index is -0.159. The molecule has 6 heteroatoms. The van der Waals surface area contributed by atoms with Gasteiger partial charge < -0.3 is 18.9 Å². The quantitative estimate of drug-likeness (QED) is 0.729. The molecule has 0 aliphatic carbocycles. The van der Waals surface area contributed by atoms with Gasteiger partial charge in [-0.2, -0.15) is 0 Å². The van der Waals surface area contributed by atoms with Crippen molar-refractivity contribution in [3.8, 4) is 17.2 Å². The molecule has 0 saturated heterocycles. The van der Waals surface area contributed by atoms with Crippen LogP contribution in [0.2, 0.25) is 0 Å². The van der Waals surface area contributed by atoms with Crippen molar-refractivity contribution >= 4 is 27.8 Å². The van der Waals surface area contributed by atoms with Crippen molar-refractivity contribution < 1.29 is 23.7 Å². The predicted molar refractivity (Wildman–Crippen MR) is 90.4 cm³/mol. The van der Waals surface area contributed by atoms with Crippen LogP contribution in [0.4, 0.5) is 0 Å². The van der Waals surface area contributed by atoms with Gasteiger partial charge in [0.25, 0.3) is 0 Å². The molecule has 2 aromatic rings. The van der Waals surface area contributed by atoms with Gasteiger partial charge in [0.15, 0.2) is 12.6 Å². The number of ketones is 1. The van der Waals surface area contributed by atoms with Crippen LogP contribution < -0.4 is 14.2 Å². The van der Waals surface area contributed by atoms with E-state index >= 15 is 0 Å². The zero-order valence-corrected chi connectivity index (χ0v) is 14.4. The summed E-state index contributed by atoms with van der Waals surface area (Å²) in [5, 5.41) is 0. The molecule has 0 spiro atoms. The fraction of sp³-hybridized carbons (Fsp3) is 0.167. The van der Waals surface area contributed by atoms with Gasteiger partial charge in [-0.15, -0.1) is 0 Å². The standard InChI is InChI=1S/C18H13BrO5/c1-21-13-2-3-14-15(7-13)24-16(17(14)20)6-10-4-12(19)5-11-8-22-9-23-18(10)11/h2-7H,8-9H2,1H3/b16-6-. The number of halogens is 1. The molecule has 4 rings (SSSR count). The van der Waals surface area contributed by atoms with Crippen LogP contribution in [-0.2, 0) is 11.3 Å². The second-order valence-corrected chi connectivity index (χ2v) is 6.31. The van der Waals surface area contributed by atoms with E-state index in [1.54, 1.807) is 31.4 Å². The van der Waals surface area contributed by atoms with Gasteiger partial charge in [0.2, 0.25) is 5.78 Å². The van der Waals surface area contributed by atoms with Crippen molar-refractivity contribution in [2.24, 2.45) is 0 Å². The number of carbonyl (C=O) groups is 1. The van der Waals surface area contributed by atoms with E-state index in [0.717, 1.165) is 15.6 Å². The number of methoxy groups -OCH3 is 1. The van der Waals surface area contributed by atoms with Crippen LogP contribution in [0.3, 0.4) is 0 Å². The fourth-order valence-electron chi connectivity index (χ4n) is 2.75. The first-order chi connectivity index (χ1) is 11.7. The highest BCUT2D eigenvalue weighted by molar-refractivity contribution is 9.10. The van der Waals surface area contributed by atoms with Gasteiger partial charge in [-0.1, -0.05) is 15.9 Å². The topological polar surface area (TPSA) is 54.0 Å². The summed E-state index contributed by atoms with van der Waals surface area (Å²) in [6, 6.07) is 8.97. The molecule has 0 fully saturated rings. The molecule has 0 aromatic heterocycles. The minimum absolute atomic E-state index is 0.159. The van der Waals surface area contributed by atoms with Crippen molar-refractivity contribution in [1.29, 1.82) is 0 Å². The molecule has 0 radical (unpaired) electrons. The van der Waals surface area contributed by atoms with Gasteiger partial charge in [-0.05, 0) is 30.3 Å².